The lowest BCUT2D eigenvalue weighted by molar-refractivity contribution is -0.117. The van der Waals surface area contributed by atoms with E-state index < -0.39 is 0 Å². The number of hydrogen-bond donors (Lipinski definition) is 0. The van der Waals surface area contributed by atoms with E-state index in [1.54, 1.807) is 12.4 Å². The second kappa shape index (κ2) is 6.44. The van der Waals surface area contributed by atoms with Crippen LogP contribution in [0.25, 0.3) is 0 Å². The van der Waals surface area contributed by atoms with Crippen LogP contribution in [0.5, 0.6) is 0 Å². The van der Waals surface area contributed by atoms with Crippen molar-refractivity contribution in [2.45, 2.75) is 36.0 Å². The van der Waals surface area contributed by atoms with Gasteiger partial charge in [-0.15, -0.1) is 11.8 Å². The third-order valence-corrected chi connectivity index (χ3v) is 6.92. The van der Waals surface area contributed by atoms with Crippen molar-refractivity contribution in [1.82, 2.24) is 4.98 Å². The molecule has 2 nitrogen and oxygen atoms in total. The average Bonchev–Trinajstić information content (AvgIpc) is 2.32. The van der Waals surface area contributed by atoms with Gasteiger partial charge in [0.1, 0.15) is 0 Å². The number of ketones is 1. The number of carbonyl (C=O) groups excluding carboxylic acids is 1. The Hall–Kier alpha value is -0.000000000000000111. The molecular weight excluding hydrogens is 330 g/mol. The zero-order valence-corrected chi connectivity index (χ0v) is 13.6. The molecule has 98 valence electrons. The number of nitrogens with zero attached hydrogens (tertiary/aromatic N) is 1. The summed E-state index contributed by atoms with van der Waals surface area (Å²) in [5, 5.41) is 1.34. The topological polar surface area (TPSA) is 30.0 Å². The summed E-state index contributed by atoms with van der Waals surface area (Å²) in [7, 11) is 0. The normalized spacial score (nSPS) is 28.1. The molecule has 18 heavy (non-hydrogen) atoms. The zero-order chi connectivity index (χ0) is 13.1. The number of rotatable bonds is 3. The fourth-order valence-electron chi connectivity index (χ4n) is 1.82. The third kappa shape index (κ3) is 3.75. The van der Waals surface area contributed by atoms with Gasteiger partial charge in [-0.05, 0) is 27.6 Å². The number of halogens is 1. The summed E-state index contributed by atoms with van der Waals surface area (Å²) < 4.78 is 0.931. The highest BCUT2D eigenvalue weighted by Crippen LogP contribution is 2.36. The SMILES string of the molecule is CC1SCC(C(=O)Cc2cncc(Br)c2)SC1C. The fourth-order valence-corrected chi connectivity index (χ4v) is 5.12. The van der Waals surface area contributed by atoms with Crippen LogP contribution in [0.15, 0.2) is 22.9 Å². The van der Waals surface area contributed by atoms with Gasteiger partial charge in [-0.1, -0.05) is 13.8 Å². The van der Waals surface area contributed by atoms with E-state index in [1.165, 1.54) is 0 Å². The van der Waals surface area contributed by atoms with E-state index >= 15 is 0 Å². The molecule has 0 amide bonds. The van der Waals surface area contributed by atoms with Gasteiger partial charge in [0.05, 0.1) is 5.25 Å². The van der Waals surface area contributed by atoms with E-state index in [0.29, 0.717) is 22.7 Å². The van der Waals surface area contributed by atoms with Crippen molar-refractivity contribution >= 4 is 45.2 Å². The second-order valence-corrected chi connectivity index (χ2v) is 8.43. The Bertz CT molecular complexity index is 441. The van der Waals surface area contributed by atoms with E-state index in [-0.39, 0.29) is 5.25 Å². The maximum absolute atomic E-state index is 12.3. The van der Waals surface area contributed by atoms with Crippen molar-refractivity contribution in [3.8, 4) is 0 Å². The number of pyridine rings is 1. The van der Waals surface area contributed by atoms with Crippen molar-refractivity contribution in [2.24, 2.45) is 0 Å². The van der Waals surface area contributed by atoms with Crippen molar-refractivity contribution in [3.05, 3.63) is 28.5 Å². The summed E-state index contributed by atoms with van der Waals surface area (Å²) in [4.78, 5) is 16.4. The van der Waals surface area contributed by atoms with Gasteiger partial charge in [0.15, 0.2) is 5.78 Å². The van der Waals surface area contributed by atoms with Crippen LogP contribution >= 0.6 is 39.5 Å². The molecule has 3 atom stereocenters. The third-order valence-electron chi connectivity index (χ3n) is 3.05. The van der Waals surface area contributed by atoms with Gasteiger partial charge in [-0.2, -0.15) is 11.8 Å². The Kier molecular flexibility index (Phi) is 5.15. The fraction of sp³-hybridized carbons (Fsp3) is 0.538. The lowest BCUT2D eigenvalue weighted by Gasteiger charge is -2.30. The lowest BCUT2D eigenvalue weighted by atomic mass is 10.1. The van der Waals surface area contributed by atoms with Crippen molar-refractivity contribution in [2.75, 3.05) is 5.75 Å². The summed E-state index contributed by atoms with van der Waals surface area (Å²) >= 11 is 7.12. The van der Waals surface area contributed by atoms with Crippen LogP contribution in [0.4, 0.5) is 0 Å². The molecule has 0 saturated carbocycles. The Morgan fingerprint density at radius 2 is 2.22 bits per heavy atom. The lowest BCUT2D eigenvalue weighted by Crippen LogP contribution is -2.32. The first-order valence-electron chi connectivity index (χ1n) is 5.95. The van der Waals surface area contributed by atoms with Crippen LogP contribution in [-0.2, 0) is 11.2 Å². The summed E-state index contributed by atoms with van der Waals surface area (Å²) in [6.07, 6.45) is 4.00. The number of thioether (sulfide) groups is 2. The molecule has 1 aliphatic heterocycles. The van der Waals surface area contributed by atoms with Gasteiger partial charge in [-0.25, -0.2) is 0 Å². The molecule has 1 fully saturated rings. The van der Waals surface area contributed by atoms with Gasteiger partial charge in [0, 0.05) is 39.5 Å². The predicted molar refractivity (Wildman–Crippen MR) is 83.4 cm³/mol. The highest BCUT2D eigenvalue weighted by atomic mass is 79.9. The van der Waals surface area contributed by atoms with Crippen molar-refractivity contribution in [1.29, 1.82) is 0 Å². The van der Waals surface area contributed by atoms with Crippen LogP contribution in [0.3, 0.4) is 0 Å². The number of carbonyl (C=O) groups is 1. The van der Waals surface area contributed by atoms with Crippen molar-refractivity contribution in [3.63, 3.8) is 0 Å². The molecule has 1 aliphatic rings. The maximum Gasteiger partial charge on any atom is 0.151 e. The Morgan fingerprint density at radius 3 is 2.89 bits per heavy atom. The molecule has 1 aromatic rings. The first-order valence-corrected chi connectivity index (χ1v) is 8.74. The molecule has 0 N–H and O–H groups in total. The molecular formula is C13H16BrNOS2. The van der Waals surface area contributed by atoms with Crippen LogP contribution in [0, 0.1) is 0 Å². The van der Waals surface area contributed by atoms with E-state index in [0.717, 1.165) is 15.8 Å². The molecule has 3 unspecified atom stereocenters. The highest BCUT2D eigenvalue weighted by molar-refractivity contribution is 9.10. The second-order valence-electron chi connectivity index (χ2n) is 4.52. The highest BCUT2D eigenvalue weighted by Gasteiger charge is 2.30. The van der Waals surface area contributed by atoms with Gasteiger partial charge in [0.2, 0.25) is 0 Å². The predicted octanol–water partition coefficient (Wildman–Crippen LogP) is 3.58. The molecule has 5 heteroatoms. The van der Waals surface area contributed by atoms with E-state index in [9.17, 15) is 4.79 Å². The minimum Gasteiger partial charge on any atom is -0.298 e. The van der Waals surface area contributed by atoms with Crippen LogP contribution in [0.1, 0.15) is 19.4 Å². The minimum atomic E-state index is 0.139. The molecule has 1 saturated heterocycles. The number of Topliss-reactive ketones (excluding diaryl/α,β-unsaturated/α-hetero) is 1. The van der Waals surface area contributed by atoms with Gasteiger partial charge in [-0.3, -0.25) is 9.78 Å². The van der Waals surface area contributed by atoms with E-state index in [2.05, 4.69) is 34.8 Å². The summed E-state index contributed by atoms with van der Waals surface area (Å²) in [6, 6.07) is 1.97. The minimum absolute atomic E-state index is 0.139. The van der Waals surface area contributed by atoms with Crippen LogP contribution in [0.2, 0.25) is 0 Å². The monoisotopic (exact) mass is 345 g/mol. The Labute approximate surface area is 125 Å². The van der Waals surface area contributed by atoms with Gasteiger partial charge < -0.3 is 0 Å². The first kappa shape index (κ1) is 14.4. The quantitative estimate of drug-likeness (QED) is 0.837. The average molecular weight is 346 g/mol. The van der Waals surface area contributed by atoms with Gasteiger partial charge in [0.25, 0.3) is 0 Å². The van der Waals surface area contributed by atoms with Crippen LogP contribution < -0.4 is 0 Å². The Balaban J connectivity index is 1.96. The Morgan fingerprint density at radius 1 is 1.44 bits per heavy atom. The largest absolute Gasteiger partial charge is 0.298 e. The first-order chi connectivity index (χ1) is 8.56. The summed E-state index contributed by atoms with van der Waals surface area (Å²) in [5.41, 5.74) is 0.992. The molecule has 0 spiro atoms. The molecule has 0 bridgehead atoms. The zero-order valence-electron chi connectivity index (χ0n) is 10.4. The summed E-state index contributed by atoms with van der Waals surface area (Å²) in [6.45, 7) is 4.45. The molecule has 0 radical (unpaired) electrons. The van der Waals surface area contributed by atoms with E-state index in [4.69, 9.17) is 0 Å². The summed E-state index contributed by atoms with van der Waals surface area (Å²) in [5.74, 6) is 1.27. The van der Waals surface area contributed by atoms with E-state index in [1.807, 2.05) is 29.6 Å². The molecule has 1 aromatic heterocycles. The maximum atomic E-state index is 12.3. The van der Waals surface area contributed by atoms with Crippen molar-refractivity contribution < 1.29 is 4.79 Å². The standard InChI is InChI=1S/C13H16BrNOS2/c1-8-9(2)18-13(7-17-8)12(16)4-10-3-11(14)6-15-5-10/h3,5-6,8-9,13H,4,7H2,1-2H3. The van der Waals surface area contributed by atoms with Gasteiger partial charge >= 0.3 is 0 Å². The molecule has 0 aromatic carbocycles. The number of aromatic nitrogens is 1. The van der Waals surface area contributed by atoms with Crippen LogP contribution in [-0.4, -0.2) is 32.3 Å². The molecule has 2 rings (SSSR count). The molecule has 0 aliphatic carbocycles. The molecule has 2 heterocycles. The number of hydrogen-bond acceptors (Lipinski definition) is 4. The smallest absolute Gasteiger partial charge is 0.151 e.